The summed E-state index contributed by atoms with van der Waals surface area (Å²) in [4.78, 5) is 30.7. The molecule has 3 aromatic carbocycles. The Morgan fingerprint density at radius 1 is 0.902 bits per heavy atom. The first-order valence-corrected chi connectivity index (χ1v) is 14.1. The highest BCUT2D eigenvalue weighted by Crippen LogP contribution is 2.42. The molecule has 0 aromatic heterocycles. The predicted molar refractivity (Wildman–Crippen MR) is 156 cm³/mol. The molecule has 8 nitrogen and oxygen atoms in total. The fourth-order valence-corrected chi connectivity index (χ4v) is 5.32. The second-order valence-electron chi connectivity index (χ2n) is 10.1. The standard InChI is InChI=1S/C33H36N2O6/c1-2-40-28-22-26(14-15-27(28)41-23-24-10-5-3-6-11-24)30-29(31(36)25-12-7-4-8-13-25)32(37)33(38)35(30)17-9-16-34-18-20-39-21-19-34/h3-8,10-15,22,30,36H,2,9,16-21,23H2,1H3. The number of ether oxygens (including phenoxy) is 3. The fraction of sp³-hybridized carbons (Fsp3) is 0.333. The zero-order chi connectivity index (χ0) is 28.6. The first-order chi connectivity index (χ1) is 20.1. The van der Waals surface area contributed by atoms with Gasteiger partial charge in [-0.25, -0.2) is 0 Å². The average molecular weight is 557 g/mol. The third-order valence-electron chi connectivity index (χ3n) is 7.38. The van der Waals surface area contributed by atoms with Gasteiger partial charge in [-0.15, -0.1) is 0 Å². The highest BCUT2D eigenvalue weighted by molar-refractivity contribution is 6.46. The maximum absolute atomic E-state index is 13.4. The van der Waals surface area contributed by atoms with Crippen LogP contribution in [-0.4, -0.2) is 72.6 Å². The Kier molecular flexibility index (Phi) is 9.33. The average Bonchev–Trinajstić information content (AvgIpc) is 3.27. The number of rotatable bonds is 11. The van der Waals surface area contributed by atoms with Crippen molar-refractivity contribution in [2.75, 3.05) is 46.0 Å². The molecule has 5 rings (SSSR count). The second-order valence-corrected chi connectivity index (χ2v) is 10.1. The van der Waals surface area contributed by atoms with Gasteiger partial charge in [0, 0.05) is 31.7 Å². The Hall–Kier alpha value is -4.14. The van der Waals surface area contributed by atoms with Crippen molar-refractivity contribution in [3.05, 3.63) is 101 Å². The van der Waals surface area contributed by atoms with Gasteiger partial charge >= 0.3 is 0 Å². The quantitative estimate of drug-likeness (QED) is 0.206. The van der Waals surface area contributed by atoms with Crippen molar-refractivity contribution < 1.29 is 28.9 Å². The summed E-state index contributed by atoms with van der Waals surface area (Å²) in [7, 11) is 0. The molecule has 0 radical (unpaired) electrons. The fourth-order valence-electron chi connectivity index (χ4n) is 5.32. The van der Waals surface area contributed by atoms with Gasteiger partial charge in [0.1, 0.15) is 12.4 Å². The van der Waals surface area contributed by atoms with Crippen LogP contribution in [0.2, 0.25) is 0 Å². The normalized spacial score (nSPS) is 19.0. The number of hydrogen-bond donors (Lipinski definition) is 1. The van der Waals surface area contributed by atoms with Gasteiger partial charge in [-0.2, -0.15) is 0 Å². The van der Waals surface area contributed by atoms with Crippen molar-refractivity contribution in [2.45, 2.75) is 26.0 Å². The summed E-state index contributed by atoms with van der Waals surface area (Å²) in [5, 5.41) is 11.3. The summed E-state index contributed by atoms with van der Waals surface area (Å²) < 4.78 is 17.5. The van der Waals surface area contributed by atoms with Crippen LogP contribution in [0.15, 0.2) is 84.4 Å². The van der Waals surface area contributed by atoms with Crippen molar-refractivity contribution in [3.8, 4) is 11.5 Å². The number of likely N-dealkylation sites (tertiary alicyclic amines) is 1. The Labute approximate surface area is 240 Å². The van der Waals surface area contributed by atoms with Gasteiger partial charge in [0.2, 0.25) is 0 Å². The zero-order valence-corrected chi connectivity index (χ0v) is 23.3. The molecule has 2 aliphatic rings. The van der Waals surface area contributed by atoms with E-state index in [0.717, 1.165) is 25.2 Å². The molecule has 1 unspecified atom stereocenters. The van der Waals surface area contributed by atoms with Crippen LogP contribution in [0.5, 0.6) is 11.5 Å². The first-order valence-electron chi connectivity index (χ1n) is 14.1. The number of morpholine rings is 1. The van der Waals surface area contributed by atoms with E-state index < -0.39 is 17.7 Å². The molecule has 2 fully saturated rings. The molecule has 0 aliphatic carbocycles. The number of ketones is 1. The van der Waals surface area contributed by atoms with Gasteiger partial charge in [0.15, 0.2) is 11.5 Å². The van der Waals surface area contributed by atoms with Crippen LogP contribution in [0.25, 0.3) is 5.76 Å². The third kappa shape index (κ3) is 6.61. The van der Waals surface area contributed by atoms with Gasteiger partial charge in [0.25, 0.3) is 11.7 Å². The predicted octanol–water partition coefficient (Wildman–Crippen LogP) is 4.81. The van der Waals surface area contributed by atoms with Crippen molar-refractivity contribution in [3.63, 3.8) is 0 Å². The molecule has 1 atom stereocenters. The molecule has 214 valence electrons. The summed E-state index contributed by atoms with van der Waals surface area (Å²) in [6.45, 7) is 6.91. The molecular weight excluding hydrogens is 520 g/mol. The first kappa shape index (κ1) is 28.4. The number of aliphatic hydroxyl groups excluding tert-OH is 1. The summed E-state index contributed by atoms with van der Waals surface area (Å²) in [6.07, 6.45) is 0.686. The van der Waals surface area contributed by atoms with E-state index in [-0.39, 0.29) is 11.3 Å². The van der Waals surface area contributed by atoms with Crippen molar-refractivity contribution in [2.24, 2.45) is 0 Å². The van der Waals surface area contributed by atoms with Crippen molar-refractivity contribution >= 4 is 17.4 Å². The van der Waals surface area contributed by atoms with E-state index in [1.54, 1.807) is 35.2 Å². The number of hydrogen-bond acceptors (Lipinski definition) is 7. The molecule has 0 spiro atoms. The van der Waals surface area contributed by atoms with Crippen LogP contribution < -0.4 is 9.47 Å². The van der Waals surface area contributed by atoms with Crippen molar-refractivity contribution in [1.82, 2.24) is 9.80 Å². The Bertz CT molecular complexity index is 1370. The third-order valence-corrected chi connectivity index (χ3v) is 7.38. The largest absolute Gasteiger partial charge is 0.507 e. The number of benzene rings is 3. The van der Waals surface area contributed by atoms with Crippen LogP contribution >= 0.6 is 0 Å². The summed E-state index contributed by atoms with van der Waals surface area (Å²) >= 11 is 0. The lowest BCUT2D eigenvalue weighted by Gasteiger charge is -2.29. The summed E-state index contributed by atoms with van der Waals surface area (Å²) in [6, 6.07) is 23.4. The Morgan fingerprint density at radius 2 is 1.61 bits per heavy atom. The zero-order valence-electron chi connectivity index (χ0n) is 23.3. The van der Waals surface area contributed by atoms with Crippen molar-refractivity contribution in [1.29, 1.82) is 0 Å². The van der Waals surface area contributed by atoms with Crippen LogP contribution in [0, 0.1) is 0 Å². The highest BCUT2D eigenvalue weighted by atomic mass is 16.5. The lowest BCUT2D eigenvalue weighted by Crippen LogP contribution is -2.39. The van der Waals surface area contributed by atoms with E-state index in [9.17, 15) is 14.7 Å². The number of Topliss-reactive ketones (excluding diaryl/α,β-unsaturated/α-hetero) is 1. The lowest BCUT2D eigenvalue weighted by atomic mass is 9.95. The second kappa shape index (κ2) is 13.5. The van der Waals surface area contributed by atoms with E-state index in [1.807, 2.05) is 55.5 Å². The maximum atomic E-state index is 13.4. The van der Waals surface area contributed by atoms with Gasteiger partial charge in [-0.1, -0.05) is 66.7 Å². The van der Waals surface area contributed by atoms with Crippen LogP contribution in [-0.2, 0) is 20.9 Å². The summed E-state index contributed by atoms with van der Waals surface area (Å²) in [5.74, 6) is -0.416. The number of carbonyl (C=O) groups excluding carboxylic acids is 2. The monoisotopic (exact) mass is 556 g/mol. The molecular formula is C33H36N2O6. The Balaban J connectivity index is 1.48. The van der Waals surface area contributed by atoms with Gasteiger partial charge in [0.05, 0.1) is 31.4 Å². The number of carbonyl (C=O) groups is 2. The topological polar surface area (TPSA) is 88.5 Å². The van der Waals surface area contributed by atoms with E-state index >= 15 is 0 Å². The maximum Gasteiger partial charge on any atom is 0.295 e. The van der Waals surface area contributed by atoms with Gasteiger partial charge in [-0.3, -0.25) is 14.5 Å². The van der Waals surface area contributed by atoms with E-state index in [4.69, 9.17) is 14.2 Å². The minimum Gasteiger partial charge on any atom is -0.507 e. The smallest absolute Gasteiger partial charge is 0.295 e. The molecule has 8 heteroatoms. The number of amides is 1. The van der Waals surface area contributed by atoms with Crippen LogP contribution in [0.1, 0.15) is 36.1 Å². The molecule has 0 bridgehead atoms. The highest BCUT2D eigenvalue weighted by Gasteiger charge is 2.46. The van der Waals surface area contributed by atoms with Crippen LogP contribution in [0.4, 0.5) is 0 Å². The molecule has 2 saturated heterocycles. The molecule has 1 amide bonds. The molecule has 41 heavy (non-hydrogen) atoms. The van der Waals surface area contributed by atoms with E-state index in [0.29, 0.717) is 62.0 Å². The minimum absolute atomic E-state index is 0.0768. The van der Waals surface area contributed by atoms with E-state index in [2.05, 4.69) is 4.90 Å². The number of nitrogens with zero attached hydrogens (tertiary/aromatic N) is 2. The summed E-state index contributed by atoms with van der Waals surface area (Å²) in [5.41, 5.74) is 2.25. The van der Waals surface area contributed by atoms with E-state index in [1.165, 1.54) is 0 Å². The minimum atomic E-state index is -0.762. The number of aliphatic hydroxyl groups is 1. The Morgan fingerprint density at radius 3 is 2.32 bits per heavy atom. The van der Waals surface area contributed by atoms with Gasteiger partial charge < -0.3 is 24.2 Å². The van der Waals surface area contributed by atoms with Crippen LogP contribution in [0.3, 0.4) is 0 Å². The SMILES string of the molecule is CCOc1cc(C2C(=C(O)c3ccccc3)C(=O)C(=O)N2CCCN2CCOCC2)ccc1OCc1ccccc1. The lowest BCUT2D eigenvalue weighted by molar-refractivity contribution is -0.140. The van der Waals surface area contributed by atoms with Gasteiger partial charge in [-0.05, 0) is 36.6 Å². The molecule has 2 aliphatic heterocycles. The molecule has 1 N–H and O–H groups in total. The molecule has 2 heterocycles. The molecule has 3 aromatic rings. The molecule has 0 saturated carbocycles.